The third-order valence-corrected chi connectivity index (χ3v) is 4.96. The van der Waals surface area contributed by atoms with Crippen LogP contribution in [0.15, 0.2) is 54.6 Å². The van der Waals surface area contributed by atoms with Crippen molar-refractivity contribution in [2.24, 2.45) is 0 Å². The highest BCUT2D eigenvalue weighted by Crippen LogP contribution is 2.17. The third kappa shape index (κ3) is 6.55. The molecule has 0 aromatic heterocycles. The van der Waals surface area contributed by atoms with E-state index in [-0.39, 0.29) is 25.1 Å². The van der Waals surface area contributed by atoms with Crippen molar-refractivity contribution in [2.75, 3.05) is 50.0 Å². The van der Waals surface area contributed by atoms with Gasteiger partial charge in [0.05, 0.1) is 24.4 Å². The molecule has 0 atom stereocenters. The van der Waals surface area contributed by atoms with Crippen molar-refractivity contribution in [3.05, 3.63) is 60.2 Å². The van der Waals surface area contributed by atoms with Crippen LogP contribution in [0.4, 0.5) is 16.2 Å². The van der Waals surface area contributed by atoms with Crippen molar-refractivity contribution in [2.45, 2.75) is 13.3 Å². The number of carbonyl (C=O) groups is 3. The number of nitrogens with one attached hydrogen (secondary N) is 2. The number of para-hydroxylation sites is 2. The predicted octanol–water partition coefficient (Wildman–Crippen LogP) is 3.04. The van der Waals surface area contributed by atoms with E-state index >= 15 is 0 Å². The van der Waals surface area contributed by atoms with E-state index in [4.69, 9.17) is 4.74 Å². The topological polar surface area (TPSA) is 91.0 Å². The quantitative estimate of drug-likeness (QED) is 0.696. The van der Waals surface area contributed by atoms with Gasteiger partial charge in [-0.3, -0.25) is 9.69 Å². The Hall–Kier alpha value is -3.39. The maximum absolute atomic E-state index is 12.8. The van der Waals surface area contributed by atoms with Crippen LogP contribution in [0.1, 0.15) is 23.7 Å². The zero-order valence-electron chi connectivity index (χ0n) is 17.7. The molecular formula is C23H28N4O4. The Morgan fingerprint density at radius 3 is 2.42 bits per heavy atom. The summed E-state index contributed by atoms with van der Waals surface area (Å²) in [5.41, 5.74) is 1.52. The van der Waals surface area contributed by atoms with Crippen LogP contribution in [0.3, 0.4) is 0 Å². The van der Waals surface area contributed by atoms with Gasteiger partial charge in [0.15, 0.2) is 0 Å². The minimum Gasteiger partial charge on any atom is -0.462 e. The van der Waals surface area contributed by atoms with Gasteiger partial charge >= 0.3 is 12.0 Å². The molecule has 2 aromatic carbocycles. The minimum atomic E-state index is -0.468. The average molecular weight is 425 g/mol. The van der Waals surface area contributed by atoms with Gasteiger partial charge in [-0.25, -0.2) is 9.59 Å². The summed E-state index contributed by atoms with van der Waals surface area (Å²) in [5, 5.41) is 5.71. The van der Waals surface area contributed by atoms with Crippen molar-refractivity contribution in [3.63, 3.8) is 0 Å². The first kappa shape index (κ1) is 22.3. The highest BCUT2D eigenvalue weighted by Gasteiger charge is 2.22. The standard InChI is InChI=1S/C23H28N4O4/c1-2-31-22(29)19-11-6-7-12-20(19)25-23(30)27-14-8-13-26(15-16-27)17-21(28)24-18-9-4-3-5-10-18/h3-7,9-12H,2,8,13-17H2,1H3,(H,24,28)(H,25,30). The summed E-state index contributed by atoms with van der Waals surface area (Å²) < 4.78 is 5.06. The Morgan fingerprint density at radius 2 is 1.65 bits per heavy atom. The van der Waals surface area contributed by atoms with E-state index in [2.05, 4.69) is 10.6 Å². The van der Waals surface area contributed by atoms with Gasteiger partial charge in [-0.05, 0) is 37.6 Å². The number of carbonyl (C=O) groups excluding carboxylic acids is 3. The molecule has 0 radical (unpaired) electrons. The lowest BCUT2D eigenvalue weighted by Gasteiger charge is -2.22. The number of ether oxygens (including phenoxy) is 1. The normalized spacial score (nSPS) is 14.4. The Balaban J connectivity index is 1.53. The largest absolute Gasteiger partial charge is 0.462 e. The lowest BCUT2D eigenvalue weighted by molar-refractivity contribution is -0.117. The van der Waals surface area contributed by atoms with Crippen LogP contribution >= 0.6 is 0 Å². The molecule has 1 heterocycles. The summed E-state index contributed by atoms with van der Waals surface area (Å²) in [6.07, 6.45) is 0.756. The zero-order valence-corrected chi connectivity index (χ0v) is 17.7. The van der Waals surface area contributed by atoms with Gasteiger partial charge in [0.2, 0.25) is 5.91 Å². The SMILES string of the molecule is CCOC(=O)c1ccccc1NC(=O)N1CCCN(CC(=O)Nc2ccccc2)CC1. The molecule has 31 heavy (non-hydrogen) atoms. The van der Waals surface area contributed by atoms with E-state index in [0.717, 1.165) is 18.7 Å². The molecule has 8 heteroatoms. The molecule has 164 valence electrons. The Bertz CT molecular complexity index is 903. The van der Waals surface area contributed by atoms with Crippen molar-refractivity contribution < 1.29 is 19.1 Å². The molecule has 1 saturated heterocycles. The van der Waals surface area contributed by atoms with Gasteiger partial charge in [0.25, 0.3) is 0 Å². The van der Waals surface area contributed by atoms with E-state index < -0.39 is 5.97 Å². The molecule has 2 aromatic rings. The summed E-state index contributed by atoms with van der Waals surface area (Å²) in [5.74, 6) is -0.544. The summed E-state index contributed by atoms with van der Waals surface area (Å²) in [6.45, 7) is 4.66. The van der Waals surface area contributed by atoms with E-state index in [9.17, 15) is 14.4 Å². The molecule has 1 aliphatic rings. The van der Waals surface area contributed by atoms with Crippen molar-refractivity contribution in [1.82, 2.24) is 9.80 Å². The molecule has 8 nitrogen and oxygen atoms in total. The maximum Gasteiger partial charge on any atom is 0.340 e. The predicted molar refractivity (Wildman–Crippen MR) is 119 cm³/mol. The average Bonchev–Trinajstić information content (AvgIpc) is 3.00. The maximum atomic E-state index is 12.8. The second-order valence-corrected chi connectivity index (χ2v) is 7.23. The van der Waals surface area contributed by atoms with Crippen molar-refractivity contribution in [1.29, 1.82) is 0 Å². The molecule has 0 aliphatic carbocycles. The minimum absolute atomic E-state index is 0.0764. The van der Waals surface area contributed by atoms with Gasteiger partial charge in [-0.1, -0.05) is 30.3 Å². The number of amides is 3. The lowest BCUT2D eigenvalue weighted by atomic mass is 10.2. The van der Waals surface area contributed by atoms with Crippen molar-refractivity contribution >= 4 is 29.3 Å². The van der Waals surface area contributed by atoms with Crippen LogP contribution in [0.25, 0.3) is 0 Å². The monoisotopic (exact) mass is 424 g/mol. The molecule has 3 amide bonds. The van der Waals surface area contributed by atoms with Gasteiger partial charge in [0.1, 0.15) is 0 Å². The second-order valence-electron chi connectivity index (χ2n) is 7.23. The number of anilines is 2. The van der Waals surface area contributed by atoms with Crippen LogP contribution in [-0.4, -0.2) is 67.0 Å². The second kappa shape index (κ2) is 11.1. The van der Waals surface area contributed by atoms with Crippen LogP contribution in [-0.2, 0) is 9.53 Å². The fraction of sp³-hybridized carbons (Fsp3) is 0.348. The lowest BCUT2D eigenvalue weighted by Crippen LogP contribution is -2.39. The molecule has 1 aliphatic heterocycles. The molecule has 3 rings (SSSR count). The fourth-order valence-corrected chi connectivity index (χ4v) is 3.43. The highest BCUT2D eigenvalue weighted by atomic mass is 16.5. The molecular weight excluding hydrogens is 396 g/mol. The number of hydrogen-bond acceptors (Lipinski definition) is 5. The summed E-state index contributed by atoms with van der Waals surface area (Å²) in [6, 6.07) is 15.9. The van der Waals surface area contributed by atoms with Gasteiger partial charge in [-0.15, -0.1) is 0 Å². The molecule has 0 unspecified atom stereocenters. The summed E-state index contributed by atoms with van der Waals surface area (Å²) >= 11 is 0. The smallest absolute Gasteiger partial charge is 0.340 e. The van der Waals surface area contributed by atoms with E-state index in [0.29, 0.717) is 30.9 Å². The highest BCUT2D eigenvalue weighted by molar-refractivity contribution is 6.00. The summed E-state index contributed by atoms with van der Waals surface area (Å²) in [7, 11) is 0. The number of benzene rings is 2. The van der Waals surface area contributed by atoms with Gasteiger partial charge in [-0.2, -0.15) is 0 Å². The summed E-state index contributed by atoms with van der Waals surface area (Å²) in [4.78, 5) is 41.0. The zero-order chi connectivity index (χ0) is 22.1. The van der Waals surface area contributed by atoms with Crippen LogP contribution in [0, 0.1) is 0 Å². The molecule has 0 bridgehead atoms. The molecule has 2 N–H and O–H groups in total. The molecule has 1 fully saturated rings. The van der Waals surface area contributed by atoms with Crippen molar-refractivity contribution in [3.8, 4) is 0 Å². The Labute approximate surface area is 182 Å². The van der Waals surface area contributed by atoms with E-state index in [1.54, 1.807) is 36.1 Å². The first-order valence-corrected chi connectivity index (χ1v) is 10.5. The van der Waals surface area contributed by atoms with Crippen LogP contribution < -0.4 is 10.6 Å². The first-order chi connectivity index (χ1) is 15.1. The van der Waals surface area contributed by atoms with Gasteiger partial charge < -0.3 is 20.3 Å². The Kier molecular flexibility index (Phi) is 8.00. The van der Waals surface area contributed by atoms with E-state index in [1.165, 1.54) is 0 Å². The van der Waals surface area contributed by atoms with E-state index in [1.807, 2.05) is 35.2 Å². The Morgan fingerprint density at radius 1 is 0.903 bits per heavy atom. The molecule has 0 spiro atoms. The molecule has 0 saturated carbocycles. The first-order valence-electron chi connectivity index (χ1n) is 10.5. The van der Waals surface area contributed by atoms with Gasteiger partial charge in [0, 0.05) is 31.9 Å². The number of nitrogens with zero attached hydrogens (tertiary/aromatic N) is 2. The van der Waals surface area contributed by atoms with Crippen LogP contribution in [0.5, 0.6) is 0 Å². The number of hydrogen-bond donors (Lipinski definition) is 2. The number of urea groups is 1. The third-order valence-electron chi connectivity index (χ3n) is 4.96. The number of esters is 1. The van der Waals surface area contributed by atoms with Crippen LogP contribution in [0.2, 0.25) is 0 Å². The number of rotatable bonds is 6. The fourth-order valence-electron chi connectivity index (χ4n) is 3.43.